The Balaban J connectivity index is 1.94. The molecule has 0 spiro atoms. The summed E-state index contributed by atoms with van der Waals surface area (Å²) in [6.45, 7) is 2.91. The van der Waals surface area contributed by atoms with Crippen LogP contribution in [0.5, 0.6) is 5.75 Å². The fourth-order valence-electron chi connectivity index (χ4n) is 1.82. The summed E-state index contributed by atoms with van der Waals surface area (Å²) in [5.41, 5.74) is 2.26. The van der Waals surface area contributed by atoms with E-state index in [2.05, 4.69) is 23.4 Å². The van der Waals surface area contributed by atoms with Gasteiger partial charge in [-0.25, -0.2) is 0 Å². The van der Waals surface area contributed by atoms with Crippen molar-refractivity contribution in [3.8, 4) is 5.75 Å². The summed E-state index contributed by atoms with van der Waals surface area (Å²) in [6.07, 6.45) is 1.96. The number of aryl methyl sites for hydroxylation is 1. The maximum Gasteiger partial charge on any atom is 0.119 e. The molecule has 0 aliphatic rings. The topological polar surface area (TPSA) is 39.1 Å². The highest BCUT2D eigenvalue weighted by molar-refractivity contribution is 5.28. The van der Waals surface area contributed by atoms with Crippen LogP contribution in [0.25, 0.3) is 0 Å². The zero-order chi connectivity index (χ0) is 13.0. The summed E-state index contributed by atoms with van der Waals surface area (Å²) in [4.78, 5) is 0. The Morgan fingerprint density at radius 2 is 2.22 bits per heavy atom. The quantitative estimate of drug-likeness (QED) is 0.878. The molecule has 1 N–H and O–H groups in total. The minimum atomic E-state index is 0.234. The predicted molar refractivity (Wildman–Crippen MR) is 71.5 cm³/mol. The van der Waals surface area contributed by atoms with Crippen molar-refractivity contribution in [2.24, 2.45) is 7.05 Å². The van der Waals surface area contributed by atoms with Crippen LogP contribution in [0.1, 0.15) is 24.2 Å². The van der Waals surface area contributed by atoms with E-state index in [4.69, 9.17) is 4.74 Å². The molecule has 4 nitrogen and oxygen atoms in total. The van der Waals surface area contributed by atoms with Gasteiger partial charge in [-0.15, -0.1) is 0 Å². The van der Waals surface area contributed by atoms with Crippen LogP contribution in [-0.4, -0.2) is 16.9 Å². The minimum absolute atomic E-state index is 0.234. The Morgan fingerprint density at radius 1 is 1.39 bits per heavy atom. The fourth-order valence-corrected chi connectivity index (χ4v) is 1.82. The lowest BCUT2D eigenvalue weighted by molar-refractivity contribution is 0.414. The van der Waals surface area contributed by atoms with E-state index in [9.17, 15) is 0 Å². The Morgan fingerprint density at radius 3 is 2.89 bits per heavy atom. The minimum Gasteiger partial charge on any atom is -0.497 e. The van der Waals surface area contributed by atoms with Crippen molar-refractivity contribution in [3.05, 3.63) is 47.8 Å². The lowest BCUT2D eigenvalue weighted by Crippen LogP contribution is -2.18. The van der Waals surface area contributed by atoms with Crippen molar-refractivity contribution >= 4 is 0 Å². The van der Waals surface area contributed by atoms with Crippen LogP contribution in [0.3, 0.4) is 0 Å². The summed E-state index contributed by atoms with van der Waals surface area (Å²) in [5.74, 6) is 0.889. The molecule has 96 valence electrons. The van der Waals surface area contributed by atoms with Crippen LogP contribution >= 0.6 is 0 Å². The van der Waals surface area contributed by atoms with E-state index < -0.39 is 0 Å². The van der Waals surface area contributed by atoms with Gasteiger partial charge in [-0.1, -0.05) is 12.1 Å². The number of rotatable bonds is 5. The van der Waals surface area contributed by atoms with Crippen LogP contribution in [0.4, 0.5) is 0 Å². The van der Waals surface area contributed by atoms with Gasteiger partial charge in [0.1, 0.15) is 5.75 Å². The molecule has 1 aromatic heterocycles. The SMILES string of the molecule is COc1cccc(CNC(C)c2ccn(C)n2)c1. The molecule has 1 unspecified atom stereocenters. The molecule has 0 bridgehead atoms. The molecule has 0 saturated heterocycles. The number of ether oxygens (including phenoxy) is 1. The molecule has 4 heteroatoms. The van der Waals surface area contributed by atoms with Gasteiger partial charge in [0.2, 0.25) is 0 Å². The average Bonchev–Trinajstić information content (AvgIpc) is 2.83. The van der Waals surface area contributed by atoms with E-state index in [1.54, 1.807) is 7.11 Å². The molecule has 0 aliphatic heterocycles. The maximum absolute atomic E-state index is 5.21. The second-order valence-electron chi connectivity index (χ2n) is 4.37. The fraction of sp³-hybridized carbons (Fsp3) is 0.357. The molecule has 0 amide bonds. The van der Waals surface area contributed by atoms with Gasteiger partial charge in [-0.3, -0.25) is 4.68 Å². The first-order chi connectivity index (χ1) is 8.69. The smallest absolute Gasteiger partial charge is 0.119 e. The van der Waals surface area contributed by atoms with Crippen molar-refractivity contribution in [2.45, 2.75) is 19.5 Å². The number of nitrogens with one attached hydrogen (secondary N) is 1. The van der Waals surface area contributed by atoms with Crippen molar-refractivity contribution in [1.82, 2.24) is 15.1 Å². The van der Waals surface area contributed by atoms with Gasteiger partial charge in [0.15, 0.2) is 0 Å². The predicted octanol–water partition coefficient (Wildman–Crippen LogP) is 2.28. The zero-order valence-corrected chi connectivity index (χ0v) is 11.1. The molecule has 0 aliphatic carbocycles. The third-order valence-corrected chi connectivity index (χ3v) is 2.92. The lowest BCUT2D eigenvalue weighted by Gasteiger charge is -2.12. The molecule has 18 heavy (non-hydrogen) atoms. The summed E-state index contributed by atoms with van der Waals surface area (Å²) < 4.78 is 7.02. The molecule has 1 heterocycles. The van der Waals surface area contributed by atoms with E-state index in [0.29, 0.717) is 0 Å². The van der Waals surface area contributed by atoms with Gasteiger partial charge >= 0.3 is 0 Å². The van der Waals surface area contributed by atoms with Crippen molar-refractivity contribution in [1.29, 1.82) is 0 Å². The average molecular weight is 245 g/mol. The summed E-state index contributed by atoms with van der Waals surface area (Å²) >= 11 is 0. The number of hydrogen-bond acceptors (Lipinski definition) is 3. The van der Waals surface area contributed by atoms with Crippen molar-refractivity contribution in [2.75, 3.05) is 7.11 Å². The maximum atomic E-state index is 5.21. The molecule has 0 radical (unpaired) electrons. The van der Waals surface area contributed by atoms with Gasteiger partial charge in [0, 0.05) is 25.8 Å². The third-order valence-electron chi connectivity index (χ3n) is 2.92. The van der Waals surface area contributed by atoms with Crippen LogP contribution in [-0.2, 0) is 13.6 Å². The first-order valence-electron chi connectivity index (χ1n) is 6.05. The standard InChI is InChI=1S/C14H19N3O/c1-11(14-7-8-17(2)16-14)15-10-12-5-4-6-13(9-12)18-3/h4-9,11,15H,10H2,1-3H3. The number of nitrogens with zero attached hydrogens (tertiary/aromatic N) is 2. The summed E-state index contributed by atoms with van der Waals surface area (Å²) in [5, 5.41) is 7.83. The van der Waals surface area contributed by atoms with Crippen LogP contribution in [0.15, 0.2) is 36.5 Å². The number of aromatic nitrogens is 2. The van der Waals surface area contributed by atoms with Crippen LogP contribution in [0.2, 0.25) is 0 Å². The highest BCUT2D eigenvalue weighted by Crippen LogP contribution is 2.14. The molecule has 2 rings (SSSR count). The third kappa shape index (κ3) is 3.11. The zero-order valence-electron chi connectivity index (χ0n) is 11.1. The number of hydrogen-bond donors (Lipinski definition) is 1. The van der Waals surface area contributed by atoms with Crippen molar-refractivity contribution < 1.29 is 4.74 Å². The Bertz CT molecular complexity index is 507. The van der Waals surface area contributed by atoms with E-state index in [1.807, 2.05) is 42.2 Å². The molecular weight excluding hydrogens is 226 g/mol. The second kappa shape index (κ2) is 5.69. The largest absolute Gasteiger partial charge is 0.497 e. The van der Waals surface area contributed by atoms with Gasteiger partial charge in [0.05, 0.1) is 12.8 Å². The van der Waals surface area contributed by atoms with Crippen molar-refractivity contribution in [3.63, 3.8) is 0 Å². The Kier molecular flexibility index (Phi) is 3.99. The van der Waals surface area contributed by atoms with Gasteiger partial charge in [-0.05, 0) is 30.7 Å². The van der Waals surface area contributed by atoms with Gasteiger partial charge < -0.3 is 10.1 Å². The first-order valence-corrected chi connectivity index (χ1v) is 6.05. The molecular formula is C14H19N3O. The monoisotopic (exact) mass is 245 g/mol. The molecule has 0 saturated carbocycles. The first kappa shape index (κ1) is 12.6. The Labute approximate surface area is 108 Å². The highest BCUT2D eigenvalue weighted by atomic mass is 16.5. The van der Waals surface area contributed by atoms with E-state index in [-0.39, 0.29) is 6.04 Å². The molecule has 1 aromatic carbocycles. The van der Waals surface area contributed by atoms with E-state index >= 15 is 0 Å². The molecule has 1 atom stereocenters. The molecule has 2 aromatic rings. The number of methoxy groups -OCH3 is 1. The van der Waals surface area contributed by atoms with E-state index in [1.165, 1.54) is 5.56 Å². The van der Waals surface area contributed by atoms with Crippen LogP contribution in [0, 0.1) is 0 Å². The normalized spacial score (nSPS) is 12.4. The van der Waals surface area contributed by atoms with Gasteiger partial charge in [0.25, 0.3) is 0 Å². The second-order valence-corrected chi connectivity index (χ2v) is 4.37. The summed E-state index contributed by atoms with van der Waals surface area (Å²) in [6, 6.07) is 10.3. The van der Waals surface area contributed by atoms with Gasteiger partial charge in [-0.2, -0.15) is 5.10 Å². The van der Waals surface area contributed by atoms with Crippen LogP contribution < -0.4 is 10.1 Å². The molecule has 0 fully saturated rings. The number of benzene rings is 1. The highest BCUT2D eigenvalue weighted by Gasteiger charge is 2.07. The Hall–Kier alpha value is -1.81. The van der Waals surface area contributed by atoms with E-state index in [0.717, 1.165) is 18.0 Å². The lowest BCUT2D eigenvalue weighted by atomic mass is 10.2. The summed E-state index contributed by atoms with van der Waals surface area (Å²) in [7, 11) is 3.61.